The zero-order chi connectivity index (χ0) is 10.1. The third-order valence-electron chi connectivity index (χ3n) is 1.98. The van der Waals surface area contributed by atoms with E-state index < -0.39 is 7.12 Å². The third-order valence-corrected chi connectivity index (χ3v) is 1.98. The van der Waals surface area contributed by atoms with E-state index in [0.717, 1.165) is 0 Å². The summed E-state index contributed by atoms with van der Waals surface area (Å²) in [6.07, 6.45) is 0. The maximum Gasteiger partial charge on any atom is 0.488 e. The van der Waals surface area contributed by atoms with E-state index in [-0.39, 0.29) is 6.79 Å². The van der Waals surface area contributed by atoms with Crippen molar-refractivity contribution in [1.29, 1.82) is 0 Å². The van der Waals surface area contributed by atoms with E-state index in [9.17, 15) is 0 Å². The lowest BCUT2D eigenvalue weighted by Crippen LogP contribution is -2.29. The zero-order valence-corrected chi connectivity index (χ0v) is 7.56. The summed E-state index contributed by atoms with van der Waals surface area (Å²) in [5.41, 5.74) is 0.311. The lowest BCUT2D eigenvalue weighted by Gasteiger charge is -2.07. The summed E-state index contributed by atoms with van der Waals surface area (Å²) in [5, 5.41) is 18.0. The van der Waals surface area contributed by atoms with Crippen LogP contribution >= 0.6 is 0 Å². The number of hydrogen-bond acceptors (Lipinski definition) is 5. The highest BCUT2D eigenvalue weighted by Crippen LogP contribution is 2.39. The maximum atomic E-state index is 8.98. The molecule has 1 aliphatic rings. The summed E-state index contributed by atoms with van der Waals surface area (Å²) < 4.78 is 15.3. The van der Waals surface area contributed by atoms with Crippen molar-refractivity contribution in [3.05, 3.63) is 12.1 Å². The van der Waals surface area contributed by atoms with Gasteiger partial charge in [0.1, 0.15) is 0 Å². The van der Waals surface area contributed by atoms with Gasteiger partial charge in [-0.1, -0.05) is 0 Å². The minimum atomic E-state index is -1.54. The monoisotopic (exact) mass is 196 g/mol. The number of fused-ring (bicyclic) bond motifs is 1. The van der Waals surface area contributed by atoms with Crippen molar-refractivity contribution in [2.75, 3.05) is 13.9 Å². The fourth-order valence-corrected chi connectivity index (χ4v) is 1.30. The Labute approximate surface area is 81.0 Å². The number of methoxy groups -OCH3 is 1. The van der Waals surface area contributed by atoms with Crippen LogP contribution in [0.4, 0.5) is 0 Å². The molecule has 6 heteroatoms. The summed E-state index contributed by atoms with van der Waals surface area (Å²) >= 11 is 0. The van der Waals surface area contributed by atoms with Gasteiger partial charge in [-0.3, -0.25) is 0 Å². The molecule has 2 rings (SSSR count). The first-order valence-corrected chi connectivity index (χ1v) is 4.06. The van der Waals surface area contributed by atoms with Crippen LogP contribution in [0.1, 0.15) is 0 Å². The predicted molar refractivity (Wildman–Crippen MR) is 48.9 cm³/mol. The van der Waals surface area contributed by atoms with E-state index in [1.54, 1.807) is 0 Å². The standard InChI is InChI=1S/C8H9BO5/c1-12-6-2-5(9(10)11)3-7-8(6)14-4-13-7/h2-3,10-11H,4H2,1H3. The molecule has 0 unspecified atom stereocenters. The average molecular weight is 196 g/mol. The number of ether oxygens (including phenoxy) is 3. The van der Waals surface area contributed by atoms with Crippen LogP contribution in [0.25, 0.3) is 0 Å². The molecule has 0 amide bonds. The molecular weight excluding hydrogens is 187 g/mol. The molecule has 1 aromatic rings. The van der Waals surface area contributed by atoms with Crippen LogP contribution in [0.15, 0.2) is 12.1 Å². The molecule has 14 heavy (non-hydrogen) atoms. The van der Waals surface area contributed by atoms with Crippen molar-refractivity contribution < 1.29 is 24.3 Å². The summed E-state index contributed by atoms with van der Waals surface area (Å²) in [6, 6.07) is 3.01. The molecular formula is C8H9BO5. The van der Waals surface area contributed by atoms with Gasteiger partial charge < -0.3 is 24.3 Å². The number of rotatable bonds is 2. The van der Waals surface area contributed by atoms with E-state index in [2.05, 4.69) is 0 Å². The van der Waals surface area contributed by atoms with Crippen molar-refractivity contribution in [3.8, 4) is 17.2 Å². The second-order valence-electron chi connectivity index (χ2n) is 2.83. The molecule has 5 nitrogen and oxygen atoms in total. The molecule has 2 N–H and O–H groups in total. The highest BCUT2D eigenvalue weighted by Gasteiger charge is 2.23. The van der Waals surface area contributed by atoms with Gasteiger partial charge in [0.05, 0.1) is 7.11 Å². The molecule has 0 spiro atoms. The van der Waals surface area contributed by atoms with Crippen LogP contribution in [0, 0.1) is 0 Å². The quantitative estimate of drug-likeness (QED) is 0.600. The molecule has 0 aromatic heterocycles. The first-order chi connectivity index (χ1) is 6.72. The summed E-state index contributed by atoms with van der Waals surface area (Å²) in [6.45, 7) is 0.122. The Balaban J connectivity index is 2.49. The van der Waals surface area contributed by atoms with Crippen molar-refractivity contribution in [2.24, 2.45) is 0 Å². The second-order valence-corrected chi connectivity index (χ2v) is 2.83. The molecule has 0 aliphatic carbocycles. The van der Waals surface area contributed by atoms with Crippen molar-refractivity contribution in [3.63, 3.8) is 0 Å². The minimum absolute atomic E-state index is 0.122. The van der Waals surface area contributed by atoms with E-state index in [4.69, 9.17) is 24.3 Å². The van der Waals surface area contributed by atoms with Crippen LogP contribution in [0.5, 0.6) is 17.2 Å². The topological polar surface area (TPSA) is 68.2 Å². The van der Waals surface area contributed by atoms with E-state index in [1.807, 2.05) is 0 Å². The first kappa shape index (κ1) is 9.17. The Kier molecular flexibility index (Phi) is 2.22. The Morgan fingerprint density at radius 1 is 1.36 bits per heavy atom. The fourth-order valence-electron chi connectivity index (χ4n) is 1.30. The number of benzene rings is 1. The summed E-state index contributed by atoms with van der Waals surface area (Å²) in [7, 11) is -0.0661. The Morgan fingerprint density at radius 2 is 2.14 bits per heavy atom. The second kappa shape index (κ2) is 3.40. The van der Waals surface area contributed by atoms with E-state index in [1.165, 1.54) is 19.2 Å². The largest absolute Gasteiger partial charge is 0.493 e. The molecule has 1 heterocycles. The van der Waals surface area contributed by atoms with Crippen molar-refractivity contribution >= 4 is 12.6 Å². The fraction of sp³-hybridized carbons (Fsp3) is 0.250. The van der Waals surface area contributed by atoms with Gasteiger partial charge in [-0.15, -0.1) is 0 Å². The van der Waals surface area contributed by atoms with Crippen LogP contribution in [0.3, 0.4) is 0 Å². The molecule has 0 saturated heterocycles. The third kappa shape index (κ3) is 1.38. The van der Waals surface area contributed by atoms with Gasteiger partial charge in [-0.25, -0.2) is 0 Å². The lowest BCUT2D eigenvalue weighted by atomic mass is 9.80. The van der Waals surface area contributed by atoms with Gasteiger partial charge in [0.15, 0.2) is 11.5 Å². The van der Waals surface area contributed by atoms with Crippen LogP contribution < -0.4 is 19.7 Å². The highest BCUT2D eigenvalue weighted by molar-refractivity contribution is 6.58. The lowest BCUT2D eigenvalue weighted by molar-refractivity contribution is 0.171. The van der Waals surface area contributed by atoms with Crippen LogP contribution in [-0.4, -0.2) is 31.1 Å². The molecule has 74 valence electrons. The number of hydrogen-bond donors (Lipinski definition) is 2. The smallest absolute Gasteiger partial charge is 0.488 e. The molecule has 1 aliphatic heterocycles. The van der Waals surface area contributed by atoms with Gasteiger partial charge in [0.25, 0.3) is 0 Å². The molecule has 0 saturated carbocycles. The molecule has 0 atom stereocenters. The van der Waals surface area contributed by atoms with Crippen LogP contribution in [-0.2, 0) is 0 Å². The van der Waals surface area contributed by atoms with E-state index in [0.29, 0.717) is 22.7 Å². The zero-order valence-electron chi connectivity index (χ0n) is 7.56. The average Bonchev–Trinajstić information content (AvgIpc) is 2.63. The summed E-state index contributed by atoms with van der Waals surface area (Å²) in [5.74, 6) is 1.40. The molecule has 1 aromatic carbocycles. The SMILES string of the molecule is COc1cc(B(O)O)cc2c1OCO2. The highest BCUT2D eigenvalue weighted by atomic mass is 16.7. The van der Waals surface area contributed by atoms with Gasteiger partial charge in [0, 0.05) is 0 Å². The van der Waals surface area contributed by atoms with Crippen molar-refractivity contribution in [2.45, 2.75) is 0 Å². The van der Waals surface area contributed by atoms with Gasteiger partial charge >= 0.3 is 7.12 Å². The summed E-state index contributed by atoms with van der Waals surface area (Å²) in [4.78, 5) is 0. The van der Waals surface area contributed by atoms with Gasteiger partial charge in [-0.05, 0) is 17.6 Å². The normalized spacial score (nSPS) is 12.8. The Hall–Kier alpha value is -1.40. The molecule has 0 radical (unpaired) electrons. The van der Waals surface area contributed by atoms with Crippen LogP contribution in [0.2, 0.25) is 0 Å². The minimum Gasteiger partial charge on any atom is -0.493 e. The van der Waals surface area contributed by atoms with Crippen molar-refractivity contribution in [1.82, 2.24) is 0 Å². The predicted octanol–water partition coefficient (Wildman–Crippen LogP) is -0.896. The maximum absolute atomic E-state index is 8.98. The Morgan fingerprint density at radius 3 is 2.79 bits per heavy atom. The van der Waals surface area contributed by atoms with Gasteiger partial charge in [-0.2, -0.15) is 0 Å². The molecule has 0 fully saturated rings. The Bertz CT molecular complexity index is 352. The molecule has 0 bridgehead atoms. The van der Waals surface area contributed by atoms with E-state index >= 15 is 0 Å². The van der Waals surface area contributed by atoms with Gasteiger partial charge in [0.2, 0.25) is 12.5 Å². The first-order valence-electron chi connectivity index (χ1n) is 4.06.